The number of nitrogens with zero attached hydrogens (tertiary/aromatic N) is 4. The van der Waals surface area contributed by atoms with E-state index in [1.807, 2.05) is 0 Å². The van der Waals surface area contributed by atoms with Crippen LogP contribution in [-0.2, 0) is 0 Å². The van der Waals surface area contributed by atoms with Crippen molar-refractivity contribution in [2.24, 2.45) is 0 Å². The fourth-order valence-corrected chi connectivity index (χ4v) is 2.26. The first kappa shape index (κ1) is 11.1. The van der Waals surface area contributed by atoms with Crippen LogP contribution < -0.4 is 5.73 Å². The summed E-state index contributed by atoms with van der Waals surface area (Å²) in [6.07, 6.45) is 1.48. The Hall–Kier alpha value is -2.02. The zero-order chi connectivity index (χ0) is 12.7. The van der Waals surface area contributed by atoms with Crippen molar-refractivity contribution >= 4 is 27.5 Å². The van der Waals surface area contributed by atoms with E-state index in [2.05, 4.69) is 31.1 Å². The van der Waals surface area contributed by atoms with E-state index < -0.39 is 0 Å². The van der Waals surface area contributed by atoms with Gasteiger partial charge in [-0.1, -0.05) is 0 Å². The average Bonchev–Trinajstić information content (AvgIpc) is 2.85. The second kappa shape index (κ2) is 4.02. The Morgan fingerprint density at radius 2 is 1.94 bits per heavy atom. The third kappa shape index (κ3) is 1.63. The van der Waals surface area contributed by atoms with Crippen LogP contribution in [0.5, 0.6) is 0 Å². The van der Waals surface area contributed by atoms with Crippen LogP contribution in [0, 0.1) is 5.82 Å². The summed E-state index contributed by atoms with van der Waals surface area (Å²) in [6, 6.07) is 6.00. The van der Waals surface area contributed by atoms with E-state index >= 15 is 0 Å². The first-order chi connectivity index (χ1) is 8.66. The molecule has 0 aliphatic rings. The number of benzene rings is 1. The molecule has 0 spiro atoms. The topological polar surface area (TPSA) is 69.1 Å². The van der Waals surface area contributed by atoms with Gasteiger partial charge in [0.1, 0.15) is 12.1 Å². The van der Waals surface area contributed by atoms with E-state index in [0.29, 0.717) is 15.8 Å². The Labute approximate surface area is 110 Å². The number of aromatic nitrogens is 4. The molecule has 2 heterocycles. The highest BCUT2D eigenvalue weighted by atomic mass is 79.9. The summed E-state index contributed by atoms with van der Waals surface area (Å²) in [5, 5.41) is 7.73. The van der Waals surface area contributed by atoms with Gasteiger partial charge in [0.05, 0.1) is 10.2 Å². The van der Waals surface area contributed by atoms with E-state index in [4.69, 9.17) is 5.73 Å². The van der Waals surface area contributed by atoms with Gasteiger partial charge in [-0.25, -0.2) is 9.37 Å². The Balaban J connectivity index is 2.29. The maximum atomic E-state index is 12.9. The fraction of sp³-hybridized carbons (Fsp3) is 0. The van der Waals surface area contributed by atoms with Gasteiger partial charge in [-0.05, 0) is 40.2 Å². The zero-order valence-electron chi connectivity index (χ0n) is 9.01. The minimum atomic E-state index is -0.300. The smallest absolute Gasteiger partial charge is 0.207 e. The lowest BCUT2D eigenvalue weighted by Crippen LogP contribution is -2.02. The van der Waals surface area contributed by atoms with Gasteiger partial charge in [-0.2, -0.15) is 0 Å². The molecule has 0 amide bonds. The third-order valence-corrected chi connectivity index (χ3v) is 3.27. The quantitative estimate of drug-likeness (QED) is 0.749. The van der Waals surface area contributed by atoms with Crippen LogP contribution in [0.1, 0.15) is 0 Å². The van der Waals surface area contributed by atoms with Gasteiger partial charge in [-0.15, -0.1) is 10.2 Å². The van der Waals surface area contributed by atoms with Crippen molar-refractivity contribution in [1.82, 2.24) is 19.6 Å². The van der Waals surface area contributed by atoms with Gasteiger partial charge < -0.3 is 5.73 Å². The Morgan fingerprint density at radius 3 is 2.67 bits per heavy atom. The molecule has 0 atom stereocenters. The minimum Gasteiger partial charge on any atom is -0.369 e. The van der Waals surface area contributed by atoms with E-state index in [0.717, 1.165) is 5.56 Å². The summed E-state index contributed by atoms with van der Waals surface area (Å²) in [5.74, 6) is -0.0241. The van der Waals surface area contributed by atoms with E-state index in [9.17, 15) is 4.39 Å². The highest BCUT2D eigenvalue weighted by Gasteiger charge is 2.13. The van der Waals surface area contributed by atoms with Crippen molar-refractivity contribution in [3.05, 3.63) is 40.9 Å². The highest BCUT2D eigenvalue weighted by Crippen LogP contribution is 2.30. The summed E-state index contributed by atoms with van der Waals surface area (Å²) in [4.78, 5) is 4.26. The van der Waals surface area contributed by atoms with Gasteiger partial charge in [0.15, 0.2) is 5.65 Å². The lowest BCUT2D eigenvalue weighted by molar-refractivity contribution is 0.628. The molecule has 2 N–H and O–H groups in total. The van der Waals surface area contributed by atoms with Gasteiger partial charge >= 0.3 is 0 Å². The Kier molecular flexibility index (Phi) is 2.48. The normalized spacial score (nSPS) is 11.0. The van der Waals surface area contributed by atoms with Crippen LogP contribution in [-0.4, -0.2) is 19.6 Å². The molecule has 7 heteroatoms. The number of nitrogen functional groups attached to an aromatic ring is 1. The van der Waals surface area contributed by atoms with Crippen LogP contribution in [0.3, 0.4) is 0 Å². The minimum absolute atomic E-state index is 0.275. The molecule has 0 saturated carbocycles. The molecule has 0 unspecified atom stereocenters. The lowest BCUT2D eigenvalue weighted by Gasteiger charge is -2.07. The predicted octanol–water partition coefficient (Wildman–Crippen LogP) is 2.28. The molecular formula is C11H7BrFN5. The van der Waals surface area contributed by atoms with Crippen molar-refractivity contribution < 1.29 is 4.39 Å². The van der Waals surface area contributed by atoms with Crippen LogP contribution in [0.4, 0.5) is 10.3 Å². The molecule has 1 aromatic carbocycles. The molecule has 0 radical (unpaired) electrons. The van der Waals surface area contributed by atoms with E-state index in [1.54, 1.807) is 16.5 Å². The van der Waals surface area contributed by atoms with Crippen LogP contribution in [0.15, 0.2) is 35.1 Å². The van der Waals surface area contributed by atoms with Gasteiger partial charge in [0.2, 0.25) is 5.95 Å². The molecule has 0 saturated heterocycles. The molecular weight excluding hydrogens is 301 g/mol. The number of hydrogen-bond donors (Lipinski definition) is 1. The first-order valence-corrected chi connectivity index (χ1v) is 5.87. The number of hydrogen-bond acceptors (Lipinski definition) is 4. The Morgan fingerprint density at radius 1 is 1.22 bits per heavy atom. The summed E-state index contributed by atoms with van der Waals surface area (Å²) >= 11 is 3.42. The van der Waals surface area contributed by atoms with Gasteiger partial charge in [-0.3, -0.25) is 4.40 Å². The first-order valence-electron chi connectivity index (χ1n) is 5.07. The monoisotopic (exact) mass is 307 g/mol. The van der Waals surface area contributed by atoms with Crippen LogP contribution in [0.2, 0.25) is 0 Å². The standard InChI is InChI=1S/C11H7BrFN5/c12-8-9(6-1-3-7(13)4-2-6)16-11(14)18-5-15-17-10(8)18/h1-5H,(H2,14,16). The summed E-state index contributed by atoms with van der Waals surface area (Å²) in [5.41, 5.74) is 7.74. The van der Waals surface area contributed by atoms with E-state index in [1.165, 1.54) is 18.5 Å². The number of anilines is 1. The fourth-order valence-electron chi connectivity index (χ4n) is 1.67. The molecule has 90 valence electrons. The molecule has 5 nitrogen and oxygen atoms in total. The highest BCUT2D eigenvalue weighted by molar-refractivity contribution is 9.10. The number of halogens is 2. The third-order valence-electron chi connectivity index (χ3n) is 2.54. The van der Waals surface area contributed by atoms with Crippen molar-refractivity contribution in [2.45, 2.75) is 0 Å². The molecule has 0 fully saturated rings. The van der Waals surface area contributed by atoms with Gasteiger partial charge in [0, 0.05) is 5.56 Å². The second-order valence-corrected chi connectivity index (χ2v) is 4.46. The molecule has 2 aromatic heterocycles. The van der Waals surface area contributed by atoms with Crippen LogP contribution in [0.25, 0.3) is 16.9 Å². The maximum absolute atomic E-state index is 12.9. The number of fused-ring (bicyclic) bond motifs is 1. The molecule has 0 aliphatic carbocycles. The molecule has 0 aliphatic heterocycles. The second-order valence-electron chi connectivity index (χ2n) is 3.66. The maximum Gasteiger partial charge on any atom is 0.207 e. The molecule has 3 aromatic rings. The van der Waals surface area contributed by atoms with Crippen molar-refractivity contribution in [1.29, 1.82) is 0 Å². The summed E-state index contributed by atoms with van der Waals surface area (Å²) in [7, 11) is 0. The van der Waals surface area contributed by atoms with Crippen molar-refractivity contribution in [3.63, 3.8) is 0 Å². The number of rotatable bonds is 1. The predicted molar refractivity (Wildman–Crippen MR) is 68.3 cm³/mol. The zero-order valence-corrected chi connectivity index (χ0v) is 10.6. The summed E-state index contributed by atoms with van der Waals surface area (Å²) < 4.78 is 15.1. The molecule has 3 rings (SSSR count). The SMILES string of the molecule is Nc1nc(-c2ccc(F)cc2)c(Br)c2nncn12. The average molecular weight is 308 g/mol. The summed E-state index contributed by atoms with van der Waals surface area (Å²) in [6.45, 7) is 0. The van der Waals surface area contributed by atoms with Gasteiger partial charge in [0.25, 0.3) is 0 Å². The Bertz CT molecular complexity index is 722. The number of nitrogens with two attached hydrogens (primary N) is 1. The lowest BCUT2D eigenvalue weighted by atomic mass is 10.1. The molecule has 0 bridgehead atoms. The van der Waals surface area contributed by atoms with Crippen molar-refractivity contribution in [2.75, 3.05) is 5.73 Å². The molecule has 18 heavy (non-hydrogen) atoms. The van der Waals surface area contributed by atoms with E-state index in [-0.39, 0.29) is 11.8 Å². The van der Waals surface area contributed by atoms with Crippen LogP contribution >= 0.6 is 15.9 Å². The largest absolute Gasteiger partial charge is 0.369 e. The van der Waals surface area contributed by atoms with Crippen molar-refractivity contribution in [3.8, 4) is 11.3 Å².